The van der Waals surface area contributed by atoms with Gasteiger partial charge in [0, 0.05) is 28.9 Å². The first-order chi connectivity index (χ1) is 15.6. The summed E-state index contributed by atoms with van der Waals surface area (Å²) in [6.45, 7) is -0.187. The Morgan fingerprint density at radius 1 is 0.939 bits per heavy atom. The highest BCUT2D eigenvalue weighted by Gasteiger charge is 2.30. The van der Waals surface area contributed by atoms with Crippen molar-refractivity contribution in [3.05, 3.63) is 88.9 Å². The number of hydrogen-bond acceptors (Lipinski definition) is 3. The number of nitrogens with zero attached hydrogens (tertiary/aromatic N) is 1. The fourth-order valence-electron chi connectivity index (χ4n) is 2.91. The molecule has 0 saturated heterocycles. The molecular formula is C22H19BrF3N3O3S. The lowest BCUT2D eigenvalue weighted by Gasteiger charge is -2.23. The van der Waals surface area contributed by atoms with E-state index in [9.17, 15) is 26.4 Å². The Balaban J connectivity index is 1.74. The van der Waals surface area contributed by atoms with Crippen LogP contribution in [0.4, 0.5) is 29.3 Å². The monoisotopic (exact) mass is 541 g/mol. The van der Waals surface area contributed by atoms with E-state index in [4.69, 9.17) is 0 Å². The molecule has 0 bridgehead atoms. The third-order valence-corrected chi connectivity index (χ3v) is 6.51. The molecule has 3 rings (SSSR count). The van der Waals surface area contributed by atoms with Crippen molar-refractivity contribution in [1.82, 2.24) is 4.72 Å². The maximum Gasteiger partial charge on any atom is 0.416 e. The third-order valence-electron chi connectivity index (χ3n) is 4.51. The zero-order valence-electron chi connectivity index (χ0n) is 17.0. The van der Waals surface area contributed by atoms with E-state index >= 15 is 0 Å². The van der Waals surface area contributed by atoms with Gasteiger partial charge in [0.15, 0.2) is 0 Å². The van der Waals surface area contributed by atoms with Crippen LogP contribution in [0.1, 0.15) is 5.56 Å². The van der Waals surface area contributed by atoms with Gasteiger partial charge in [0.1, 0.15) is 0 Å². The normalized spacial score (nSPS) is 11.8. The summed E-state index contributed by atoms with van der Waals surface area (Å²) >= 11 is 3.24. The van der Waals surface area contributed by atoms with E-state index in [0.29, 0.717) is 5.69 Å². The van der Waals surface area contributed by atoms with Crippen molar-refractivity contribution in [2.75, 3.05) is 23.3 Å². The summed E-state index contributed by atoms with van der Waals surface area (Å²) in [6, 6.07) is 18.0. The number of para-hydroxylation sites is 1. The zero-order valence-corrected chi connectivity index (χ0v) is 19.4. The van der Waals surface area contributed by atoms with Crippen LogP contribution in [0.2, 0.25) is 0 Å². The smallest absolute Gasteiger partial charge is 0.308 e. The fraction of sp³-hybridized carbons (Fsp3) is 0.136. The van der Waals surface area contributed by atoms with Gasteiger partial charge in [0.2, 0.25) is 10.0 Å². The lowest BCUT2D eigenvalue weighted by Crippen LogP contribution is -2.41. The average molecular weight is 542 g/mol. The van der Waals surface area contributed by atoms with Gasteiger partial charge in [-0.25, -0.2) is 17.9 Å². The number of hydrogen-bond donors (Lipinski definition) is 2. The second kappa shape index (κ2) is 10.4. The lowest BCUT2D eigenvalue weighted by atomic mass is 10.2. The predicted molar refractivity (Wildman–Crippen MR) is 124 cm³/mol. The van der Waals surface area contributed by atoms with Gasteiger partial charge < -0.3 is 5.32 Å². The topological polar surface area (TPSA) is 78.5 Å². The maximum absolute atomic E-state index is 13.0. The standard InChI is InChI=1S/C22H19BrF3N3O3S/c23-17-9-11-20(12-10-17)33(31,32)27-13-14-29(19-7-2-1-3-8-19)21(30)28-18-6-4-5-16(15-18)22(24,25)26/h1-12,15,27H,13-14H2,(H,28,30). The first-order valence-corrected chi connectivity index (χ1v) is 11.9. The number of halogens is 4. The number of nitrogens with one attached hydrogen (secondary N) is 2. The number of anilines is 2. The molecule has 0 aliphatic rings. The van der Waals surface area contributed by atoms with E-state index in [1.807, 2.05) is 0 Å². The lowest BCUT2D eigenvalue weighted by molar-refractivity contribution is -0.137. The van der Waals surface area contributed by atoms with Crippen molar-refractivity contribution in [2.45, 2.75) is 11.1 Å². The fourth-order valence-corrected chi connectivity index (χ4v) is 4.19. The summed E-state index contributed by atoms with van der Waals surface area (Å²) in [4.78, 5) is 14.2. The highest BCUT2D eigenvalue weighted by molar-refractivity contribution is 9.10. The number of urea groups is 1. The van der Waals surface area contributed by atoms with Gasteiger partial charge in [-0.15, -0.1) is 0 Å². The SMILES string of the molecule is O=C(Nc1cccc(C(F)(F)F)c1)N(CCNS(=O)(=O)c1ccc(Br)cc1)c1ccccc1. The van der Waals surface area contributed by atoms with Crippen LogP contribution < -0.4 is 14.9 Å². The van der Waals surface area contributed by atoms with Crippen molar-refractivity contribution < 1.29 is 26.4 Å². The van der Waals surface area contributed by atoms with Crippen molar-refractivity contribution in [3.8, 4) is 0 Å². The largest absolute Gasteiger partial charge is 0.416 e. The molecule has 11 heteroatoms. The Labute approximate surface area is 197 Å². The van der Waals surface area contributed by atoms with Crippen LogP contribution in [0.25, 0.3) is 0 Å². The quantitative estimate of drug-likeness (QED) is 0.415. The molecule has 0 aromatic heterocycles. The van der Waals surface area contributed by atoms with Crippen LogP contribution in [-0.2, 0) is 16.2 Å². The molecule has 33 heavy (non-hydrogen) atoms. The van der Waals surface area contributed by atoms with E-state index in [0.717, 1.165) is 16.6 Å². The molecule has 6 nitrogen and oxygen atoms in total. The van der Waals surface area contributed by atoms with Crippen LogP contribution in [0.3, 0.4) is 0 Å². The second-order valence-corrected chi connectivity index (χ2v) is 9.53. The summed E-state index contributed by atoms with van der Waals surface area (Å²) in [5.41, 5.74) is -0.482. The molecule has 0 aliphatic carbocycles. The van der Waals surface area contributed by atoms with Crippen LogP contribution in [0, 0.1) is 0 Å². The summed E-state index contributed by atoms with van der Waals surface area (Å²) in [5.74, 6) is 0. The molecule has 0 saturated carbocycles. The highest BCUT2D eigenvalue weighted by Crippen LogP contribution is 2.30. The summed E-state index contributed by atoms with van der Waals surface area (Å²) in [7, 11) is -3.82. The molecular weight excluding hydrogens is 523 g/mol. The molecule has 3 aromatic carbocycles. The van der Waals surface area contributed by atoms with Crippen LogP contribution in [0.5, 0.6) is 0 Å². The van der Waals surface area contributed by atoms with Crippen molar-refractivity contribution in [1.29, 1.82) is 0 Å². The molecule has 3 aromatic rings. The number of alkyl halides is 3. The summed E-state index contributed by atoms with van der Waals surface area (Å²) in [6.07, 6.45) is -4.55. The Bertz CT molecular complexity index is 1200. The molecule has 0 radical (unpaired) electrons. The predicted octanol–water partition coefficient (Wildman–Crippen LogP) is 5.48. The molecule has 174 valence electrons. The van der Waals surface area contributed by atoms with Gasteiger partial charge in [0.25, 0.3) is 0 Å². The minimum Gasteiger partial charge on any atom is -0.308 e. The average Bonchev–Trinajstić information content (AvgIpc) is 2.77. The van der Waals surface area contributed by atoms with Crippen molar-refractivity contribution in [3.63, 3.8) is 0 Å². The number of benzene rings is 3. The Morgan fingerprint density at radius 3 is 2.24 bits per heavy atom. The summed E-state index contributed by atoms with van der Waals surface area (Å²) in [5, 5.41) is 2.44. The van der Waals surface area contributed by atoms with E-state index in [2.05, 4.69) is 26.0 Å². The van der Waals surface area contributed by atoms with Crippen molar-refractivity contribution >= 4 is 43.4 Å². The van der Waals surface area contributed by atoms with E-state index in [1.165, 1.54) is 29.2 Å². The number of carbonyl (C=O) groups excluding carboxylic acids is 1. The van der Waals surface area contributed by atoms with Gasteiger partial charge in [-0.2, -0.15) is 13.2 Å². The molecule has 2 amide bonds. The molecule has 0 spiro atoms. The van der Waals surface area contributed by atoms with Crippen LogP contribution in [-0.4, -0.2) is 27.5 Å². The highest BCUT2D eigenvalue weighted by atomic mass is 79.9. The number of carbonyl (C=O) groups is 1. The third kappa shape index (κ3) is 6.80. The molecule has 0 fully saturated rings. The number of sulfonamides is 1. The molecule has 0 atom stereocenters. The Hall–Kier alpha value is -2.89. The maximum atomic E-state index is 13.0. The van der Waals surface area contributed by atoms with E-state index < -0.39 is 27.8 Å². The number of rotatable bonds is 7. The summed E-state index contributed by atoms with van der Waals surface area (Å²) < 4.78 is 67.1. The van der Waals surface area contributed by atoms with Gasteiger partial charge in [0.05, 0.1) is 10.5 Å². The molecule has 0 aliphatic heterocycles. The van der Waals surface area contributed by atoms with Crippen LogP contribution in [0.15, 0.2) is 88.2 Å². The molecule has 2 N–H and O–H groups in total. The van der Waals surface area contributed by atoms with Gasteiger partial charge in [-0.05, 0) is 54.6 Å². The van der Waals surface area contributed by atoms with Gasteiger partial charge >= 0.3 is 12.2 Å². The minimum atomic E-state index is -4.55. The first kappa shape index (κ1) is 24.7. The second-order valence-electron chi connectivity index (χ2n) is 6.85. The van der Waals surface area contributed by atoms with E-state index in [1.54, 1.807) is 42.5 Å². The Morgan fingerprint density at radius 2 is 1.61 bits per heavy atom. The molecule has 0 unspecified atom stereocenters. The van der Waals surface area contributed by atoms with E-state index in [-0.39, 0.29) is 23.7 Å². The number of amides is 2. The van der Waals surface area contributed by atoms with Gasteiger partial charge in [-0.3, -0.25) is 4.90 Å². The minimum absolute atomic E-state index is 0.0359. The van der Waals surface area contributed by atoms with Crippen molar-refractivity contribution in [2.24, 2.45) is 0 Å². The molecule has 0 heterocycles. The van der Waals surface area contributed by atoms with Gasteiger partial charge in [-0.1, -0.05) is 40.2 Å². The van der Waals surface area contributed by atoms with Crippen LogP contribution >= 0.6 is 15.9 Å². The first-order valence-electron chi connectivity index (χ1n) is 9.62. The zero-order chi connectivity index (χ0) is 24.1. The Kier molecular flexibility index (Phi) is 7.77.